The molecule has 5 atom stereocenters. The highest BCUT2D eigenvalue weighted by Gasteiger charge is 2.44. The Kier molecular flexibility index (Phi) is 4.98. The number of aliphatic hydroxyl groups is 3. The van der Waals surface area contributed by atoms with Crippen LogP contribution in [0.15, 0.2) is 36.9 Å². The number of aromatic nitrogens is 4. The van der Waals surface area contributed by atoms with Crippen LogP contribution in [-0.4, -0.2) is 59.8 Å². The molecule has 1 unspecified atom stereocenters. The molecule has 1 aromatic carbocycles. The van der Waals surface area contributed by atoms with Crippen molar-refractivity contribution in [2.45, 2.75) is 44.4 Å². The van der Waals surface area contributed by atoms with E-state index in [0.29, 0.717) is 17.0 Å². The Bertz CT molecular complexity index is 961. The smallest absolute Gasteiger partial charge is 0.167 e. The monoisotopic (exact) mass is 385 g/mol. The molecule has 0 saturated carbocycles. The summed E-state index contributed by atoms with van der Waals surface area (Å²) in [7, 11) is 0. The lowest BCUT2D eigenvalue weighted by atomic mass is 10.1. The second kappa shape index (κ2) is 7.44. The molecule has 28 heavy (non-hydrogen) atoms. The van der Waals surface area contributed by atoms with Gasteiger partial charge in [0.15, 0.2) is 23.2 Å². The number of hydrogen-bond donors (Lipinski definition) is 4. The summed E-state index contributed by atoms with van der Waals surface area (Å²) in [6.45, 7) is 3.68. The molecule has 0 spiro atoms. The molecule has 9 heteroatoms. The number of anilines is 1. The first-order chi connectivity index (χ1) is 13.5. The maximum absolute atomic E-state index is 10.3. The summed E-state index contributed by atoms with van der Waals surface area (Å²) >= 11 is 0. The van der Waals surface area contributed by atoms with Gasteiger partial charge in [-0.1, -0.05) is 29.8 Å². The fraction of sp³-hybridized carbons (Fsp3) is 0.421. The van der Waals surface area contributed by atoms with Gasteiger partial charge in [0.25, 0.3) is 0 Å². The first-order valence-corrected chi connectivity index (χ1v) is 9.12. The lowest BCUT2D eigenvalue weighted by Gasteiger charge is -2.17. The highest BCUT2D eigenvalue weighted by molar-refractivity contribution is 5.82. The van der Waals surface area contributed by atoms with Crippen LogP contribution in [0.3, 0.4) is 0 Å². The molecular formula is C19H23N5O4. The van der Waals surface area contributed by atoms with Crippen LogP contribution in [0, 0.1) is 6.92 Å². The topological polar surface area (TPSA) is 126 Å². The van der Waals surface area contributed by atoms with E-state index < -0.39 is 31.1 Å². The van der Waals surface area contributed by atoms with E-state index in [2.05, 4.69) is 44.5 Å². The number of nitrogens with one attached hydrogen (secondary N) is 1. The van der Waals surface area contributed by atoms with Gasteiger partial charge in [0, 0.05) is 0 Å². The van der Waals surface area contributed by atoms with Gasteiger partial charge in [-0.2, -0.15) is 0 Å². The van der Waals surface area contributed by atoms with Crippen LogP contribution in [0.4, 0.5) is 5.82 Å². The van der Waals surface area contributed by atoms with E-state index >= 15 is 0 Å². The number of imidazole rings is 1. The molecule has 0 amide bonds. The molecule has 4 N–H and O–H groups in total. The molecule has 0 bridgehead atoms. The van der Waals surface area contributed by atoms with Crippen LogP contribution < -0.4 is 5.32 Å². The Balaban J connectivity index is 1.63. The second-order valence-electron chi connectivity index (χ2n) is 7.05. The van der Waals surface area contributed by atoms with Crippen molar-refractivity contribution >= 4 is 17.0 Å². The first-order valence-electron chi connectivity index (χ1n) is 9.12. The third-order valence-corrected chi connectivity index (χ3v) is 5.08. The van der Waals surface area contributed by atoms with E-state index in [0.717, 1.165) is 5.56 Å². The van der Waals surface area contributed by atoms with E-state index in [1.807, 2.05) is 13.8 Å². The Morgan fingerprint density at radius 1 is 1.14 bits per heavy atom. The Labute approximate surface area is 161 Å². The summed E-state index contributed by atoms with van der Waals surface area (Å²) in [4.78, 5) is 12.9. The number of fused-ring (bicyclic) bond motifs is 1. The van der Waals surface area contributed by atoms with Gasteiger partial charge in [0.2, 0.25) is 0 Å². The number of aryl methyl sites for hydroxylation is 1. The lowest BCUT2D eigenvalue weighted by molar-refractivity contribution is -0.0511. The van der Waals surface area contributed by atoms with Crippen LogP contribution in [0.2, 0.25) is 0 Å². The normalized spacial score (nSPS) is 25.9. The van der Waals surface area contributed by atoms with Gasteiger partial charge < -0.3 is 25.4 Å². The zero-order chi connectivity index (χ0) is 19.8. The zero-order valence-corrected chi connectivity index (χ0v) is 15.6. The molecule has 1 fully saturated rings. The molecule has 4 rings (SSSR count). The number of ether oxygens (including phenoxy) is 1. The van der Waals surface area contributed by atoms with Crippen LogP contribution in [0.25, 0.3) is 11.2 Å². The maximum Gasteiger partial charge on any atom is 0.167 e. The Morgan fingerprint density at radius 3 is 2.57 bits per heavy atom. The maximum atomic E-state index is 10.3. The molecule has 1 aliphatic rings. The van der Waals surface area contributed by atoms with Crippen molar-refractivity contribution in [1.82, 2.24) is 19.5 Å². The van der Waals surface area contributed by atoms with Gasteiger partial charge in [-0.3, -0.25) is 4.57 Å². The van der Waals surface area contributed by atoms with Gasteiger partial charge in [0.05, 0.1) is 19.0 Å². The summed E-state index contributed by atoms with van der Waals surface area (Å²) in [5.41, 5.74) is 3.29. The van der Waals surface area contributed by atoms with Gasteiger partial charge in [0.1, 0.15) is 24.6 Å². The number of rotatable bonds is 5. The second-order valence-corrected chi connectivity index (χ2v) is 7.05. The Morgan fingerprint density at radius 2 is 1.89 bits per heavy atom. The van der Waals surface area contributed by atoms with E-state index in [-0.39, 0.29) is 6.04 Å². The van der Waals surface area contributed by atoms with Crippen molar-refractivity contribution in [3.05, 3.63) is 48.0 Å². The molecule has 3 aromatic rings. The average Bonchev–Trinajstić information content (AvgIpc) is 3.24. The standard InChI is InChI=1S/C19H23N5O4/c1-10-3-5-12(6-4-10)11(2)23-17-14-18(21-8-20-17)24(9-22-14)19-16(27)15(26)13(7-25)28-19/h3-6,8-9,11,13,15-16,19,25-27H,7H2,1-2H3,(H,20,21,23)/t11-,13-,15+,16?,19-/m1/s1. The fourth-order valence-electron chi connectivity index (χ4n) is 3.40. The largest absolute Gasteiger partial charge is 0.394 e. The first kappa shape index (κ1) is 18.8. The van der Waals surface area contributed by atoms with Crippen molar-refractivity contribution in [2.75, 3.05) is 11.9 Å². The molecule has 1 saturated heterocycles. The summed E-state index contributed by atoms with van der Waals surface area (Å²) in [5, 5.41) is 32.9. The molecule has 0 aliphatic carbocycles. The molecule has 148 valence electrons. The molecule has 9 nitrogen and oxygen atoms in total. The van der Waals surface area contributed by atoms with E-state index in [9.17, 15) is 15.3 Å². The fourth-order valence-corrected chi connectivity index (χ4v) is 3.40. The number of nitrogens with zero attached hydrogens (tertiary/aromatic N) is 4. The van der Waals surface area contributed by atoms with Crippen molar-refractivity contribution in [3.8, 4) is 0 Å². The van der Waals surface area contributed by atoms with Crippen LogP contribution >= 0.6 is 0 Å². The van der Waals surface area contributed by atoms with Crippen molar-refractivity contribution < 1.29 is 20.1 Å². The highest BCUT2D eigenvalue weighted by Crippen LogP contribution is 2.32. The van der Waals surface area contributed by atoms with Gasteiger partial charge in [-0.15, -0.1) is 0 Å². The summed E-state index contributed by atoms with van der Waals surface area (Å²) in [5.74, 6) is 0.559. The van der Waals surface area contributed by atoms with E-state index in [4.69, 9.17) is 4.74 Å². The van der Waals surface area contributed by atoms with Gasteiger partial charge in [-0.05, 0) is 19.4 Å². The average molecular weight is 385 g/mol. The minimum Gasteiger partial charge on any atom is -0.394 e. The van der Waals surface area contributed by atoms with Crippen LogP contribution in [-0.2, 0) is 4.74 Å². The zero-order valence-electron chi connectivity index (χ0n) is 15.6. The van der Waals surface area contributed by atoms with Gasteiger partial charge in [-0.25, -0.2) is 15.0 Å². The predicted octanol–water partition coefficient (Wildman–Crippen LogP) is 0.919. The molecule has 3 heterocycles. The van der Waals surface area contributed by atoms with E-state index in [1.165, 1.54) is 18.2 Å². The van der Waals surface area contributed by atoms with E-state index in [1.54, 1.807) is 4.57 Å². The minimum absolute atomic E-state index is 0.00207. The minimum atomic E-state index is -1.20. The van der Waals surface area contributed by atoms with Crippen molar-refractivity contribution in [3.63, 3.8) is 0 Å². The summed E-state index contributed by atoms with van der Waals surface area (Å²) < 4.78 is 7.13. The number of hydrogen-bond acceptors (Lipinski definition) is 8. The molecule has 2 aromatic heterocycles. The summed E-state index contributed by atoms with van der Waals surface area (Å²) in [6.07, 6.45) is -1.25. The van der Waals surface area contributed by atoms with Crippen LogP contribution in [0.5, 0.6) is 0 Å². The SMILES string of the molecule is Cc1ccc([C@@H](C)Nc2ncnc3c2ncn3[C@@H]2O[C@H](CO)[C@H](O)C2O)cc1. The molecular weight excluding hydrogens is 362 g/mol. The third-order valence-electron chi connectivity index (χ3n) is 5.08. The molecule has 1 aliphatic heterocycles. The quantitative estimate of drug-likeness (QED) is 0.511. The van der Waals surface area contributed by atoms with Gasteiger partial charge >= 0.3 is 0 Å². The number of benzene rings is 1. The lowest BCUT2D eigenvalue weighted by Crippen LogP contribution is -2.33. The van der Waals surface area contributed by atoms with Crippen molar-refractivity contribution in [2.24, 2.45) is 0 Å². The van der Waals surface area contributed by atoms with Crippen LogP contribution in [0.1, 0.15) is 30.3 Å². The van der Waals surface area contributed by atoms with Crippen molar-refractivity contribution in [1.29, 1.82) is 0 Å². The summed E-state index contributed by atoms with van der Waals surface area (Å²) in [6, 6.07) is 8.23. The Hall–Kier alpha value is -2.59. The molecule has 0 radical (unpaired) electrons. The highest BCUT2D eigenvalue weighted by atomic mass is 16.6. The predicted molar refractivity (Wildman–Crippen MR) is 102 cm³/mol. The third kappa shape index (κ3) is 3.22. The number of aliphatic hydroxyl groups excluding tert-OH is 3.